The van der Waals surface area contributed by atoms with E-state index < -0.39 is 63.9 Å². The predicted octanol–water partition coefficient (Wildman–Crippen LogP) is 4.24. The third-order valence-electron chi connectivity index (χ3n) is 10.8. The summed E-state index contributed by atoms with van der Waals surface area (Å²) in [5.74, 6) is -3.87. The lowest BCUT2D eigenvalue weighted by Gasteiger charge is -2.32. The molecule has 328 valence electrons. The van der Waals surface area contributed by atoms with Crippen molar-refractivity contribution in [1.29, 1.82) is 0 Å². The summed E-state index contributed by atoms with van der Waals surface area (Å²) in [5.41, 5.74) is 6.67. The monoisotopic (exact) mass is 842 g/mol. The van der Waals surface area contributed by atoms with Crippen molar-refractivity contribution < 1.29 is 42.6 Å². The number of nitrogens with zero attached hydrogens (tertiary/aromatic N) is 1. The minimum Gasteiger partial charge on any atom is -0.507 e. The van der Waals surface area contributed by atoms with Crippen molar-refractivity contribution >= 4 is 39.4 Å². The molecule has 0 spiro atoms. The third kappa shape index (κ3) is 15.2. The van der Waals surface area contributed by atoms with Crippen LogP contribution in [-0.4, -0.2) is 96.5 Å². The van der Waals surface area contributed by atoms with E-state index >= 15 is 0 Å². The number of rotatable bonds is 22. The number of carbonyl (C=O) groups is 5. The van der Waals surface area contributed by atoms with E-state index in [1.807, 2.05) is 0 Å². The summed E-state index contributed by atoms with van der Waals surface area (Å²) in [4.78, 5) is 68.7. The lowest BCUT2D eigenvalue weighted by atomic mass is 9.93. The molecule has 16 heteroatoms. The predicted molar refractivity (Wildman–Crippen MR) is 228 cm³/mol. The van der Waals surface area contributed by atoms with Gasteiger partial charge in [0.1, 0.15) is 35.7 Å². The van der Waals surface area contributed by atoms with Gasteiger partial charge in [0, 0.05) is 24.6 Å². The molecule has 0 saturated heterocycles. The Morgan fingerprint density at radius 1 is 0.864 bits per heavy atom. The number of likely N-dealkylation sites (N-methyl/N-ethyl adjacent to an activating group) is 1. The number of ketones is 1. The number of hydrogen-bond donors (Lipinski definition) is 7. The maximum atomic E-state index is 14.4. The molecule has 4 amide bonds. The molecule has 3 rings (SSSR count). The highest BCUT2D eigenvalue weighted by Gasteiger charge is 2.36. The van der Waals surface area contributed by atoms with E-state index in [-0.39, 0.29) is 52.6 Å². The zero-order valence-electron chi connectivity index (χ0n) is 35.3. The highest BCUT2D eigenvalue weighted by molar-refractivity contribution is 7.89. The Balaban J connectivity index is 1.95. The average molecular weight is 843 g/mol. The summed E-state index contributed by atoms with van der Waals surface area (Å²) < 4.78 is 29.4. The van der Waals surface area contributed by atoms with Gasteiger partial charge in [-0.1, -0.05) is 83.3 Å². The molecule has 1 heterocycles. The Labute approximate surface area is 349 Å². The van der Waals surface area contributed by atoms with Crippen LogP contribution >= 0.6 is 0 Å². The number of aromatic hydroxyl groups is 2. The van der Waals surface area contributed by atoms with E-state index in [1.54, 1.807) is 6.07 Å². The smallest absolute Gasteiger partial charge is 0.248 e. The molecule has 1 aliphatic heterocycles. The fourth-order valence-corrected chi connectivity index (χ4v) is 8.44. The van der Waals surface area contributed by atoms with Gasteiger partial charge < -0.3 is 36.8 Å². The molecule has 0 fully saturated rings. The van der Waals surface area contributed by atoms with E-state index in [2.05, 4.69) is 27.6 Å². The number of phenols is 2. The van der Waals surface area contributed by atoms with Gasteiger partial charge in [-0.2, -0.15) is 0 Å². The van der Waals surface area contributed by atoms with Crippen molar-refractivity contribution in [2.24, 2.45) is 5.73 Å². The Bertz CT molecular complexity index is 1860. The first kappa shape index (κ1) is 48.8. The second-order valence-corrected chi connectivity index (χ2v) is 17.6. The SMILES string of the molecule is CCCCCCCCCCCCS(=O)(=O)NC(CCCCN)C(=O)N(C)C1C(=O)NC(C)C(=O)NC(C(=O)NC(C)C(C)=O)Cc2ccc(O)c(c2)-c2cc1ccc2O. The number of amides is 4. The van der Waals surface area contributed by atoms with Gasteiger partial charge in [-0.05, 0) is 82.0 Å². The molecule has 59 heavy (non-hydrogen) atoms. The summed E-state index contributed by atoms with van der Waals surface area (Å²) in [5, 5.41) is 29.9. The van der Waals surface area contributed by atoms with E-state index in [1.165, 1.54) is 90.3 Å². The maximum Gasteiger partial charge on any atom is 0.248 e. The molecular formula is C43H66N6O9S. The largest absolute Gasteiger partial charge is 0.507 e. The first-order valence-corrected chi connectivity index (χ1v) is 22.7. The highest BCUT2D eigenvalue weighted by atomic mass is 32.2. The van der Waals surface area contributed by atoms with Crippen molar-refractivity contribution in [2.75, 3.05) is 19.3 Å². The van der Waals surface area contributed by atoms with Crippen molar-refractivity contribution in [3.05, 3.63) is 47.5 Å². The normalized spacial score (nSPS) is 18.2. The molecule has 2 aromatic carbocycles. The maximum absolute atomic E-state index is 14.4. The minimum atomic E-state index is -3.92. The van der Waals surface area contributed by atoms with Crippen molar-refractivity contribution in [3.63, 3.8) is 0 Å². The molecule has 15 nitrogen and oxygen atoms in total. The first-order valence-electron chi connectivity index (χ1n) is 21.0. The molecule has 4 bridgehead atoms. The molecule has 0 aromatic heterocycles. The molecule has 0 aliphatic carbocycles. The van der Waals surface area contributed by atoms with Crippen LogP contribution in [0.25, 0.3) is 11.1 Å². The molecule has 0 radical (unpaired) electrons. The van der Waals surface area contributed by atoms with Crippen molar-refractivity contribution in [2.45, 2.75) is 148 Å². The average Bonchev–Trinajstić information content (AvgIpc) is 3.18. The van der Waals surface area contributed by atoms with Gasteiger partial charge in [-0.25, -0.2) is 13.1 Å². The summed E-state index contributed by atoms with van der Waals surface area (Å²) in [6.07, 6.45) is 11.3. The molecular weight excluding hydrogens is 777 g/mol. The number of nitrogens with one attached hydrogen (secondary N) is 4. The topological polar surface area (TPSA) is 237 Å². The van der Waals surface area contributed by atoms with Gasteiger partial charge in [0.05, 0.1) is 11.8 Å². The minimum absolute atomic E-state index is 0.0723. The van der Waals surface area contributed by atoms with Crippen LogP contribution in [0.15, 0.2) is 36.4 Å². The number of benzene rings is 2. The zero-order valence-corrected chi connectivity index (χ0v) is 36.2. The number of Topliss-reactive ketones (excluding diaryl/α,β-unsaturated/α-hetero) is 1. The van der Waals surface area contributed by atoms with E-state index in [9.17, 15) is 42.6 Å². The van der Waals surface area contributed by atoms with Crippen molar-refractivity contribution in [3.8, 4) is 22.6 Å². The standard InChI is InChI=1S/C43H66N6O9S/c1-6-7-8-9-10-11-12-13-14-17-24-59(57,58)48-35(18-15-16-23-44)43(56)49(5)39-32-20-22-38(52)34(27-32)33-25-31(19-21-37(33)51)26-36(41(54)45-28(2)30(4)50)47-40(53)29(3)46-42(39)55/h19-22,25,27-29,35-36,39,48,51-52H,6-18,23-24,26,44H2,1-5H3,(H,45,54)(H,46,55)(H,47,53). The Hall–Kier alpha value is -4.54. The van der Waals surface area contributed by atoms with Crippen LogP contribution in [0.5, 0.6) is 11.5 Å². The Morgan fingerprint density at radius 3 is 2.07 bits per heavy atom. The van der Waals surface area contributed by atoms with Crippen LogP contribution in [-0.2, 0) is 40.4 Å². The number of hydrogen-bond acceptors (Lipinski definition) is 10. The van der Waals surface area contributed by atoms with Gasteiger partial charge in [0.25, 0.3) is 0 Å². The number of fused-ring (bicyclic) bond motifs is 5. The van der Waals surface area contributed by atoms with Crippen LogP contribution in [0.2, 0.25) is 0 Å². The Morgan fingerprint density at radius 2 is 1.46 bits per heavy atom. The number of nitrogens with two attached hydrogens (primary N) is 1. The van der Waals surface area contributed by atoms with Crippen LogP contribution in [0.1, 0.15) is 128 Å². The van der Waals surface area contributed by atoms with E-state index in [0.717, 1.165) is 30.6 Å². The summed E-state index contributed by atoms with van der Waals surface area (Å²) >= 11 is 0. The summed E-state index contributed by atoms with van der Waals surface area (Å²) in [6, 6.07) is 2.64. The quantitative estimate of drug-likeness (QED) is 0.0833. The van der Waals surface area contributed by atoms with Crippen LogP contribution < -0.4 is 26.4 Å². The number of carbonyl (C=O) groups excluding carboxylic acids is 5. The fraction of sp³-hybridized carbons (Fsp3) is 0.605. The second kappa shape index (κ2) is 23.9. The first-order chi connectivity index (χ1) is 28.0. The van der Waals surface area contributed by atoms with Gasteiger partial charge >= 0.3 is 0 Å². The van der Waals surface area contributed by atoms with Gasteiger partial charge in [-0.15, -0.1) is 0 Å². The molecule has 5 atom stereocenters. The van der Waals surface area contributed by atoms with Gasteiger partial charge in [0.15, 0.2) is 5.78 Å². The highest BCUT2D eigenvalue weighted by Crippen LogP contribution is 2.39. The van der Waals surface area contributed by atoms with Crippen LogP contribution in [0.3, 0.4) is 0 Å². The van der Waals surface area contributed by atoms with Crippen molar-refractivity contribution in [1.82, 2.24) is 25.6 Å². The summed E-state index contributed by atoms with van der Waals surface area (Å²) in [6.45, 7) is 6.74. The third-order valence-corrected chi connectivity index (χ3v) is 12.3. The Kier molecular flexibility index (Phi) is 19.8. The molecule has 8 N–H and O–H groups in total. The number of phenolic OH excluding ortho intramolecular Hbond substituents is 2. The second-order valence-electron chi connectivity index (χ2n) is 15.8. The molecule has 5 unspecified atom stereocenters. The van der Waals surface area contributed by atoms with Gasteiger partial charge in [0.2, 0.25) is 33.7 Å². The number of sulfonamides is 1. The molecule has 1 aliphatic rings. The van der Waals surface area contributed by atoms with E-state index in [0.29, 0.717) is 31.4 Å². The van der Waals surface area contributed by atoms with Gasteiger partial charge in [-0.3, -0.25) is 24.0 Å². The zero-order chi connectivity index (χ0) is 43.7. The van der Waals surface area contributed by atoms with E-state index in [4.69, 9.17) is 5.73 Å². The summed E-state index contributed by atoms with van der Waals surface area (Å²) in [7, 11) is -2.56. The van der Waals surface area contributed by atoms with Crippen LogP contribution in [0, 0.1) is 0 Å². The molecule has 0 saturated carbocycles. The number of unbranched alkanes of at least 4 members (excludes halogenated alkanes) is 10. The lowest BCUT2D eigenvalue weighted by Crippen LogP contribution is -2.56. The molecule has 2 aromatic rings. The van der Waals surface area contributed by atoms with Crippen LogP contribution in [0.4, 0.5) is 0 Å². The fourth-order valence-electron chi connectivity index (χ4n) is 7.09. The lowest BCUT2D eigenvalue weighted by molar-refractivity contribution is -0.141.